The fourth-order valence-electron chi connectivity index (χ4n) is 0. The van der Waals surface area contributed by atoms with Crippen molar-refractivity contribution in [1.29, 1.82) is 0 Å². The van der Waals surface area contributed by atoms with Gasteiger partial charge in [0.25, 0.3) is 0 Å². The Balaban J connectivity index is 0. The van der Waals surface area contributed by atoms with Crippen LogP contribution < -0.4 is 18.9 Å². The molecule has 0 bridgehead atoms. The molecule has 0 aromatic carbocycles. The first-order chi connectivity index (χ1) is 2.56. The van der Waals surface area contributed by atoms with Crippen LogP contribution in [-0.4, -0.2) is 22.2 Å². The third-order valence-electron chi connectivity index (χ3n) is 0.354. The van der Waals surface area contributed by atoms with Gasteiger partial charge in [0.2, 0.25) is 0 Å². The van der Waals surface area contributed by atoms with Gasteiger partial charge in [0.05, 0.1) is 0 Å². The van der Waals surface area contributed by atoms with Gasteiger partial charge in [-0.1, -0.05) is 0 Å². The molecule has 1 nitrogen and oxygen atoms in total. The molecule has 7 heavy (non-hydrogen) atoms. The van der Waals surface area contributed by atoms with Crippen LogP contribution in [0.4, 0.5) is 0 Å². The predicted molar refractivity (Wildman–Crippen MR) is 26.6 cm³/mol. The molecule has 0 atom stereocenters. The third kappa shape index (κ3) is 11.0. The van der Waals surface area contributed by atoms with Gasteiger partial charge in [-0.25, -0.2) is 0 Å². The molecule has 0 unspecified atom stereocenters. The van der Waals surface area contributed by atoms with Crippen LogP contribution in [0.15, 0.2) is 0 Å². The first-order valence-corrected chi connectivity index (χ1v) is 2.41. The molecule has 0 spiro atoms. The van der Waals surface area contributed by atoms with Crippen molar-refractivity contribution in [3.8, 4) is 0 Å². The Hall–Kier alpha value is 1.09. The molecule has 0 aliphatic heterocycles. The van der Waals surface area contributed by atoms with Gasteiger partial charge in [0.15, 0.2) is 0 Å². The molecule has 0 saturated carbocycles. The minimum absolute atomic E-state index is 0. The maximum Gasteiger partial charge on any atom is 1.00 e. The van der Waals surface area contributed by atoms with Crippen molar-refractivity contribution in [2.24, 2.45) is 0 Å². The summed E-state index contributed by atoms with van der Waals surface area (Å²) in [7, 11) is 0. The van der Waals surface area contributed by atoms with Crippen molar-refractivity contribution in [3.05, 3.63) is 0 Å². The van der Waals surface area contributed by atoms with E-state index in [2.05, 4.69) is 16.6 Å². The monoisotopic (exact) mass is 107 g/mol. The Morgan fingerprint density at radius 1 is 1.29 bits per heavy atom. The molecule has 0 aromatic rings. The molecular formula is C4H9AlLiO. The van der Waals surface area contributed by atoms with E-state index in [0.717, 1.165) is 0 Å². The summed E-state index contributed by atoms with van der Waals surface area (Å²) < 4.78 is 4.85. The number of hydrogen-bond acceptors (Lipinski definition) is 1. The zero-order valence-corrected chi connectivity index (χ0v) is 6.64. The van der Waals surface area contributed by atoms with Crippen molar-refractivity contribution in [1.82, 2.24) is 0 Å². The zero-order chi connectivity index (χ0) is 5.21. The van der Waals surface area contributed by atoms with Crippen LogP contribution in [0.1, 0.15) is 20.8 Å². The fourth-order valence-corrected chi connectivity index (χ4v) is 0. The molecule has 0 amide bonds. The van der Waals surface area contributed by atoms with Gasteiger partial charge in [-0.3, -0.25) is 0 Å². The number of rotatable bonds is 0. The summed E-state index contributed by atoms with van der Waals surface area (Å²) in [6, 6.07) is 0. The van der Waals surface area contributed by atoms with Crippen LogP contribution in [-0.2, 0) is 3.79 Å². The molecule has 0 aromatic heterocycles. The van der Waals surface area contributed by atoms with Crippen LogP contribution in [0.2, 0.25) is 0 Å². The zero-order valence-electron chi connectivity index (χ0n) is 5.49. The summed E-state index contributed by atoms with van der Waals surface area (Å²) in [5.74, 6) is 0. The van der Waals surface area contributed by atoms with Gasteiger partial charge in [0.1, 0.15) is 0 Å². The first-order valence-electron chi connectivity index (χ1n) is 1.94. The summed E-state index contributed by atoms with van der Waals surface area (Å²) in [6.45, 7) is 6.00. The standard InChI is InChI=1S/C4H9O.Al.Li/c1-4(2,3)5;;/h1-3H3;;/q-1;;+1. The third-order valence-corrected chi connectivity index (χ3v) is 1.06. The van der Waals surface area contributed by atoms with Crippen molar-refractivity contribution in [2.75, 3.05) is 0 Å². The summed E-state index contributed by atoms with van der Waals surface area (Å²) in [6.07, 6.45) is 0. The van der Waals surface area contributed by atoms with Crippen molar-refractivity contribution >= 4 is 16.6 Å². The molecule has 3 heteroatoms. The van der Waals surface area contributed by atoms with Crippen molar-refractivity contribution < 1.29 is 22.6 Å². The smallest absolute Gasteiger partial charge is 0.756 e. The second kappa shape index (κ2) is 4.02. The molecule has 0 aliphatic carbocycles. The van der Waals surface area contributed by atoms with E-state index in [1.165, 1.54) is 0 Å². The van der Waals surface area contributed by atoms with Crippen LogP contribution in [0, 0.1) is 0 Å². The van der Waals surface area contributed by atoms with Crippen LogP contribution in [0.5, 0.6) is 0 Å². The van der Waals surface area contributed by atoms with E-state index in [4.69, 9.17) is 3.79 Å². The first kappa shape index (κ1) is 11.0. The van der Waals surface area contributed by atoms with Gasteiger partial charge in [-0.15, -0.1) is 0 Å². The maximum absolute atomic E-state index is 4.85. The van der Waals surface area contributed by atoms with Gasteiger partial charge < -0.3 is 20.4 Å². The van der Waals surface area contributed by atoms with Crippen LogP contribution in [0.3, 0.4) is 0 Å². The van der Waals surface area contributed by atoms with Crippen molar-refractivity contribution in [3.63, 3.8) is 0 Å². The molecule has 0 rings (SSSR count). The Kier molecular flexibility index (Phi) is 6.29. The Bertz CT molecular complexity index is 41.4. The Morgan fingerprint density at radius 3 is 1.43 bits per heavy atom. The Labute approximate surface area is 65.7 Å². The molecule has 0 N–H and O–H groups in total. The van der Waals surface area contributed by atoms with E-state index in [9.17, 15) is 0 Å². The van der Waals surface area contributed by atoms with E-state index in [1.54, 1.807) is 0 Å². The van der Waals surface area contributed by atoms with Crippen molar-refractivity contribution in [2.45, 2.75) is 26.4 Å². The SMILES string of the molecule is CC(C)(C)[O][Al-].[Li+]. The van der Waals surface area contributed by atoms with Crippen LogP contribution >= 0.6 is 0 Å². The minimum atomic E-state index is 0. The second-order valence-corrected chi connectivity index (χ2v) is 2.47. The molecular weight excluding hydrogens is 98.0 g/mol. The topological polar surface area (TPSA) is 9.23 Å². The molecule has 0 fully saturated rings. The average molecular weight is 107 g/mol. The van der Waals surface area contributed by atoms with Gasteiger partial charge in [-0.05, 0) is 26.4 Å². The predicted octanol–water partition coefficient (Wildman–Crippen LogP) is -2.11. The summed E-state index contributed by atoms with van der Waals surface area (Å²) in [5, 5.41) is 0. The molecule has 3 radical (unpaired) electrons. The maximum atomic E-state index is 4.85. The van der Waals surface area contributed by atoms with E-state index < -0.39 is 0 Å². The number of hydrogen-bond donors (Lipinski definition) is 0. The van der Waals surface area contributed by atoms with Gasteiger partial charge in [-0.2, -0.15) is 0 Å². The quantitative estimate of drug-likeness (QED) is 0.322. The van der Waals surface area contributed by atoms with E-state index in [0.29, 0.717) is 0 Å². The molecule has 0 aliphatic rings. The summed E-state index contributed by atoms with van der Waals surface area (Å²) in [4.78, 5) is 0. The second-order valence-electron chi connectivity index (χ2n) is 2.23. The molecule has 0 saturated heterocycles. The van der Waals surface area contributed by atoms with E-state index in [-0.39, 0.29) is 24.5 Å². The minimum Gasteiger partial charge on any atom is -0.756 e. The average Bonchev–Trinajstić information content (AvgIpc) is 1.35. The van der Waals surface area contributed by atoms with E-state index >= 15 is 0 Å². The summed E-state index contributed by atoms with van der Waals surface area (Å²) in [5.41, 5.74) is 0.00463. The normalized spacial score (nSPS) is 10.3. The summed E-state index contributed by atoms with van der Waals surface area (Å²) >= 11 is 2.22. The molecule has 35 valence electrons. The largest absolute Gasteiger partial charge is 1.00 e. The Morgan fingerprint density at radius 2 is 1.43 bits per heavy atom. The van der Waals surface area contributed by atoms with Gasteiger partial charge in [0, 0.05) is 0 Å². The fraction of sp³-hybridized carbons (Fsp3) is 1.00. The molecule has 0 heterocycles. The van der Waals surface area contributed by atoms with Gasteiger partial charge >= 0.3 is 18.9 Å². The van der Waals surface area contributed by atoms with E-state index in [1.807, 2.05) is 20.8 Å². The van der Waals surface area contributed by atoms with Crippen LogP contribution in [0.25, 0.3) is 0 Å².